The van der Waals surface area contributed by atoms with Crippen molar-refractivity contribution in [1.29, 1.82) is 0 Å². The first-order valence-electron chi connectivity index (χ1n) is 6.50. The number of hydrogen-bond donors (Lipinski definition) is 6. The van der Waals surface area contributed by atoms with Crippen LogP contribution in [-0.2, 0) is 14.3 Å². The van der Waals surface area contributed by atoms with Crippen molar-refractivity contribution >= 4 is 11.8 Å². The third kappa shape index (κ3) is 2.87. The van der Waals surface area contributed by atoms with Crippen molar-refractivity contribution in [2.24, 2.45) is 5.41 Å². The van der Waals surface area contributed by atoms with Gasteiger partial charge in [0.1, 0.15) is 30.5 Å². The molecule has 1 heterocycles. The quantitative estimate of drug-likeness (QED) is 0.293. The van der Waals surface area contributed by atoms with Crippen LogP contribution in [0.2, 0.25) is 0 Å². The highest BCUT2D eigenvalue weighted by Gasteiger charge is 2.57. The number of rotatable bonds is 4. The van der Waals surface area contributed by atoms with E-state index in [0.29, 0.717) is 0 Å². The van der Waals surface area contributed by atoms with Gasteiger partial charge >= 0.3 is 0 Å². The highest BCUT2D eigenvalue weighted by atomic mass is 16.5. The van der Waals surface area contributed by atoms with Gasteiger partial charge in [-0.25, -0.2) is 0 Å². The molecule has 1 aliphatic heterocycles. The molecule has 2 amide bonds. The van der Waals surface area contributed by atoms with Crippen LogP contribution < -0.4 is 10.6 Å². The molecule has 0 radical (unpaired) electrons. The molecule has 1 fully saturated rings. The summed E-state index contributed by atoms with van der Waals surface area (Å²) in [6.45, 7) is 0.608. The largest absolute Gasteiger partial charge is 0.394 e. The van der Waals surface area contributed by atoms with Crippen molar-refractivity contribution in [1.82, 2.24) is 10.6 Å². The van der Waals surface area contributed by atoms with Crippen LogP contribution in [0.5, 0.6) is 0 Å². The average molecular weight is 306 g/mol. The van der Waals surface area contributed by atoms with E-state index in [4.69, 9.17) is 9.84 Å². The van der Waals surface area contributed by atoms with Crippen molar-refractivity contribution in [3.05, 3.63) is 0 Å². The minimum absolute atomic E-state index is 0.640. The molecule has 122 valence electrons. The predicted molar refractivity (Wildman–Crippen MR) is 70.0 cm³/mol. The molecule has 9 heteroatoms. The number of ether oxygens (including phenoxy) is 1. The van der Waals surface area contributed by atoms with Gasteiger partial charge in [-0.15, -0.1) is 0 Å². The fraction of sp³-hybridized carbons (Fsp3) is 0.833. The molecule has 0 unspecified atom stereocenters. The lowest BCUT2D eigenvalue weighted by Gasteiger charge is -2.45. The first-order chi connectivity index (χ1) is 9.75. The molecule has 0 aliphatic carbocycles. The zero-order valence-corrected chi connectivity index (χ0v) is 12.1. The number of carbonyl (C=O) groups is 2. The smallest absolute Gasteiger partial charge is 0.237 e. The van der Waals surface area contributed by atoms with E-state index in [2.05, 4.69) is 10.6 Å². The Morgan fingerprint density at radius 3 is 1.90 bits per heavy atom. The summed E-state index contributed by atoms with van der Waals surface area (Å²) in [7, 11) is 2.63. The number of hydrogen-bond acceptors (Lipinski definition) is 7. The maximum atomic E-state index is 12.1. The summed E-state index contributed by atoms with van der Waals surface area (Å²) < 4.78 is 5.31. The summed E-state index contributed by atoms with van der Waals surface area (Å²) in [5.74, 6) is -1.46. The molecule has 6 N–H and O–H groups in total. The Hall–Kier alpha value is -1.26. The number of carbonyl (C=O) groups excluding carboxylic acids is 2. The molecule has 0 aromatic rings. The van der Waals surface area contributed by atoms with Crippen LogP contribution in [0.15, 0.2) is 0 Å². The van der Waals surface area contributed by atoms with Crippen molar-refractivity contribution in [2.75, 3.05) is 20.7 Å². The van der Waals surface area contributed by atoms with E-state index in [-0.39, 0.29) is 0 Å². The molecule has 21 heavy (non-hydrogen) atoms. The van der Waals surface area contributed by atoms with Crippen LogP contribution in [0.25, 0.3) is 0 Å². The minimum atomic E-state index is -1.85. The lowest BCUT2D eigenvalue weighted by atomic mass is 9.75. The highest BCUT2D eigenvalue weighted by molar-refractivity contribution is 6.05. The van der Waals surface area contributed by atoms with E-state index in [9.17, 15) is 24.9 Å². The van der Waals surface area contributed by atoms with Crippen molar-refractivity contribution in [3.63, 3.8) is 0 Å². The van der Waals surface area contributed by atoms with Gasteiger partial charge in [0, 0.05) is 14.1 Å². The second kappa shape index (κ2) is 6.67. The molecule has 1 aliphatic rings. The van der Waals surface area contributed by atoms with E-state index in [0.717, 1.165) is 0 Å². The first kappa shape index (κ1) is 17.8. The topological polar surface area (TPSA) is 148 Å². The third-order valence-electron chi connectivity index (χ3n) is 3.86. The Balaban J connectivity index is 3.23. The summed E-state index contributed by atoms with van der Waals surface area (Å²) >= 11 is 0. The molecule has 0 saturated carbocycles. The molecule has 0 aromatic carbocycles. The van der Waals surface area contributed by atoms with Crippen LogP contribution in [0, 0.1) is 5.41 Å². The first-order valence-corrected chi connectivity index (χ1v) is 6.50. The number of aliphatic hydroxyl groups is 4. The van der Waals surface area contributed by atoms with E-state index >= 15 is 0 Å². The average Bonchev–Trinajstić information content (AvgIpc) is 2.50. The lowest BCUT2D eigenvalue weighted by Crippen LogP contribution is -2.67. The fourth-order valence-electron chi connectivity index (χ4n) is 2.46. The highest BCUT2D eigenvalue weighted by Crippen LogP contribution is 2.34. The molecule has 1 saturated heterocycles. The lowest BCUT2D eigenvalue weighted by molar-refractivity contribution is -0.250. The van der Waals surface area contributed by atoms with Crippen molar-refractivity contribution in [3.8, 4) is 0 Å². The van der Waals surface area contributed by atoms with Crippen LogP contribution >= 0.6 is 0 Å². The second-order valence-corrected chi connectivity index (χ2v) is 5.11. The molecule has 9 nitrogen and oxygen atoms in total. The molecular formula is C12H22N2O7. The Morgan fingerprint density at radius 2 is 1.52 bits per heavy atom. The number of aliphatic hydroxyl groups excluding tert-OH is 4. The summed E-state index contributed by atoms with van der Waals surface area (Å²) in [5.41, 5.74) is -1.85. The Bertz CT molecular complexity index is 385. The SMILES string of the molecule is CNC(=O)C(C)(C(=O)NC)[C@@H]1O[C@H](CO)[C@@H](O)[C@H](O)[C@H]1O. The standard InChI is InChI=1S/C12H22N2O7/c1-12(10(19)13-2,11(20)14-3)9-8(18)7(17)6(16)5(4-15)21-9/h5-9,15-18H,4H2,1-3H3,(H,13,19)(H,14,20)/t5-,6-,7+,8-,9-/m1/s1. The van der Waals surface area contributed by atoms with Gasteiger partial charge in [-0.05, 0) is 6.92 Å². The second-order valence-electron chi connectivity index (χ2n) is 5.11. The predicted octanol–water partition coefficient (Wildman–Crippen LogP) is -3.67. The van der Waals surface area contributed by atoms with Gasteiger partial charge < -0.3 is 35.8 Å². The zero-order valence-electron chi connectivity index (χ0n) is 12.1. The van der Waals surface area contributed by atoms with Crippen molar-refractivity contribution in [2.45, 2.75) is 37.4 Å². The third-order valence-corrected chi connectivity index (χ3v) is 3.86. The summed E-state index contributed by atoms with van der Waals surface area (Å²) in [6.07, 6.45) is -7.52. The van der Waals surface area contributed by atoms with Gasteiger partial charge in [0.2, 0.25) is 11.8 Å². The number of amides is 2. The minimum Gasteiger partial charge on any atom is -0.394 e. The van der Waals surface area contributed by atoms with Crippen LogP contribution in [-0.4, -0.2) is 83.5 Å². The zero-order chi connectivity index (χ0) is 16.4. The molecule has 0 bridgehead atoms. The summed E-state index contributed by atoms with van der Waals surface area (Å²) in [4.78, 5) is 24.2. The van der Waals surface area contributed by atoms with E-state index < -0.39 is 54.4 Å². The Kier molecular flexibility index (Phi) is 5.65. The van der Waals surface area contributed by atoms with Gasteiger partial charge in [-0.3, -0.25) is 9.59 Å². The maximum absolute atomic E-state index is 12.1. The summed E-state index contributed by atoms with van der Waals surface area (Å²) in [6, 6.07) is 0. The number of nitrogens with one attached hydrogen (secondary N) is 2. The van der Waals surface area contributed by atoms with Gasteiger partial charge in [0.15, 0.2) is 5.41 Å². The van der Waals surface area contributed by atoms with Gasteiger partial charge in [0.05, 0.1) is 6.61 Å². The Labute approximate surface area is 121 Å². The van der Waals surface area contributed by atoms with E-state index in [1.807, 2.05) is 0 Å². The van der Waals surface area contributed by atoms with Gasteiger partial charge in [-0.2, -0.15) is 0 Å². The van der Waals surface area contributed by atoms with Crippen LogP contribution in [0.4, 0.5) is 0 Å². The normalized spacial score (nSPS) is 33.4. The molecule has 1 rings (SSSR count). The molecule has 0 aromatic heterocycles. The van der Waals surface area contributed by atoms with E-state index in [1.165, 1.54) is 21.0 Å². The molecule has 5 atom stereocenters. The van der Waals surface area contributed by atoms with Crippen LogP contribution in [0.1, 0.15) is 6.92 Å². The maximum Gasteiger partial charge on any atom is 0.237 e. The fourth-order valence-corrected chi connectivity index (χ4v) is 2.46. The van der Waals surface area contributed by atoms with Gasteiger partial charge in [0.25, 0.3) is 0 Å². The van der Waals surface area contributed by atoms with Crippen LogP contribution in [0.3, 0.4) is 0 Å². The molecule has 0 spiro atoms. The summed E-state index contributed by atoms with van der Waals surface area (Å²) in [5, 5.41) is 43.4. The van der Waals surface area contributed by atoms with Crippen molar-refractivity contribution < 1.29 is 34.8 Å². The van der Waals surface area contributed by atoms with E-state index in [1.54, 1.807) is 0 Å². The van der Waals surface area contributed by atoms with Gasteiger partial charge in [-0.1, -0.05) is 0 Å². The Morgan fingerprint density at radius 1 is 1.05 bits per heavy atom. The molecular weight excluding hydrogens is 284 g/mol. The monoisotopic (exact) mass is 306 g/mol.